The molecule has 2 aromatic carbocycles. The predicted molar refractivity (Wildman–Crippen MR) is 155 cm³/mol. The number of hydrogen-bond donors (Lipinski definition) is 1. The van der Waals surface area contributed by atoms with Crippen LogP contribution in [0, 0.1) is 18.6 Å². The number of nitrogens with zero attached hydrogens (tertiary/aromatic N) is 5. The summed E-state index contributed by atoms with van der Waals surface area (Å²) in [5.41, 5.74) is -1.12. The van der Waals surface area contributed by atoms with Crippen LogP contribution in [0.5, 0.6) is 5.75 Å². The molecule has 1 atom stereocenters. The Morgan fingerprint density at radius 3 is 2.50 bits per heavy atom. The van der Waals surface area contributed by atoms with Crippen LogP contribution in [0.25, 0.3) is 28.0 Å². The fraction of sp³-hybridized carbons (Fsp3) is 0.300. The van der Waals surface area contributed by atoms with Crippen LogP contribution in [-0.4, -0.2) is 83.3 Å². The zero-order valence-electron chi connectivity index (χ0n) is 24.3. The molecule has 0 unspecified atom stereocenters. The first-order valence-corrected chi connectivity index (χ1v) is 13.5. The molecular weight excluding hydrogens is 580 g/mol. The largest absolute Gasteiger partial charge is 0.467 e. The smallest absolute Gasteiger partial charge is 0.407 e. The van der Waals surface area contributed by atoms with E-state index >= 15 is 8.78 Å². The maximum absolute atomic E-state index is 16.1. The first-order chi connectivity index (χ1) is 21.1. The molecule has 3 heterocycles. The number of rotatable bonds is 7. The van der Waals surface area contributed by atoms with Crippen LogP contribution < -0.4 is 15.3 Å². The summed E-state index contributed by atoms with van der Waals surface area (Å²) in [6.45, 7) is 3.54. The molecule has 1 aliphatic heterocycles. The number of methoxy groups -OCH3 is 2. The van der Waals surface area contributed by atoms with E-state index in [-0.39, 0.29) is 65.8 Å². The van der Waals surface area contributed by atoms with Gasteiger partial charge in [0, 0.05) is 32.8 Å². The number of hydrogen-bond acceptors (Lipinski definition) is 9. The van der Waals surface area contributed by atoms with Gasteiger partial charge in [0.2, 0.25) is 0 Å². The number of carboxylic acid groups (broad SMARTS) is 1. The number of fused-ring (bicyclic) bond motifs is 1. The monoisotopic (exact) mass is 609 g/mol. The number of amides is 1. The molecule has 1 aliphatic rings. The highest BCUT2D eigenvalue weighted by Crippen LogP contribution is 2.37. The van der Waals surface area contributed by atoms with E-state index in [0.29, 0.717) is 5.56 Å². The third-order valence-corrected chi connectivity index (χ3v) is 7.38. The predicted octanol–water partition coefficient (Wildman–Crippen LogP) is 3.99. The zero-order valence-corrected chi connectivity index (χ0v) is 24.3. The molecule has 44 heavy (non-hydrogen) atoms. The third-order valence-electron chi connectivity index (χ3n) is 7.38. The molecule has 230 valence electrons. The van der Waals surface area contributed by atoms with Crippen LogP contribution in [0.1, 0.15) is 22.8 Å². The molecule has 0 aliphatic carbocycles. The van der Waals surface area contributed by atoms with Gasteiger partial charge in [-0.2, -0.15) is 4.98 Å². The molecule has 0 saturated carbocycles. The van der Waals surface area contributed by atoms with Crippen molar-refractivity contribution in [3.63, 3.8) is 0 Å². The average molecular weight is 610 g/mol. The van der Waals surface area contributed by atoms with Crippen molar-refractivity contribution in [1.82, 2.24) is 19.4 Å². The van der Waals surface area contributed by atoms with E-state index in [1.165, 1.54) is 37.3 Å². The van der Waals surface area contributed by atoms with E-state index in [0.717, 1.165) is 16.7 Å². The number of piperazine rings is 1. The lowest BCUT2D eigenvalue weighted by Crippen LogP contribution is -2.54. The number of aromatic nitrogens is 3. The minimum atomic E-state index is -1.09. The molecule has 1 amide bonds. The second kappa shape index (κ2) is 12.2. The Hall–Kier alpha value is -5.11. The maximum atomic E-state index is 16.1. The first kappa shape index (κ1) is 30.4. The summed E-state index contributed by atoms with van der Waals surface area (Å²) in [4.78, 5) is 50.0. The van der Waals surface area contributed by atoms with Crippen LogP contribution in [0.4, 0.5) is 19.4 Å². The molecule has 1 fully saturated rings. The number of carbonyl (C=O) groups is 2. The summed E-state index contributed by atoms with van der Waals surface area (Å²) in [6, 6.07) is 9.31. The van der Waals surface area contributed by atoms with Crippen molar-refractivity contribution in [2.24, 2.45) is 0 Å². The van der Waals surface area contributed by atoms with E-state index in [4.69, 9.17) is 14.2 Å². The molecule has 5 rings (SSSR count). The number of carbonyl (C=O) groups excluding carboxylic acids is 1. The van der Waals surface area contributed by atoms with Gasteiger partial charge in [0.25, 0.3) is 0 Å². The van der Waals surface area contributed by atoms with Crippen LogP contribution in [-0.2, 0) is 9.47 Å². The summed E-state index contributed by atoms with van der Waals surface area (Å²) in [6.07, 6.45) is -1.09. The van der Waals surface area contributed by atoms with Crippen molar-refractivity contribution in [2.45, 2.75) is 19.9 Å². The standard InChI is InChI=1S/C30H29F2N5O7/c1-16-7-5-8-18(28(38)43-4)25(16)37-27-19(26(34-29(37)39)36-12-11-35(30(40)41)14-17(36)2)13-21(32)24(33-27)23-20(31)9-6-10-22(23)44-15-42-3/h5-10,13,17H,11-12,14-15H2,1-4H3,(H,40,41)/t17-/m0/s1. The minimum absolute atomic E-state index is 0.0246. The highest BCUT2D eigenvalue weighted by atomic mass is 19.1. The first-order valence-electron chi connectivity index (χ1n) is 13.5. The van der Waals surface area contributed by atoms with Gasteiger partial charge in [0.05, 0.1) is 29.3 Å². The Morgan fingerprint density at radius 2 is 1.82 bits per heavy atom. The number of aryl methyl sites for hydroxylation is 1. The number of halogens is 2. The molecule has 0 spiro atoms. The van der Waals surface area contributed by atoms with Crippen LogP contribution >= 0.6 is 0 Å². The number of esters is 1. The van der Waals surface area contributed by atoms with Crippen molar-refractivity contribution in [3.8, 4) is 22.7 Å². The Morgan fingerprint density at radius 1 is 1.07 bits per heavy atom. The van der Waals surface area contributed by atoms with E-state index in [2.05, 4.69) is 9.97 Å². The summed E-state index contributed by atoms with van der Waals surface area (Å²) < 4.78 is 47.9. The Bertz CT molecular complexity index is 1830. The van der Waals surface area contributed by atoms with Gasteiger partial charge in [-0.1, -0.05) is 18.2 Å². The van der Waals surface area contributed by atoms with E-state index in [1.807, 2.05) is 0 Å². The van der Waals surface area contributed by atoms with Gasteiger partial charge in [0.1, 0.15) is 23.1 Å². The summed E-state index contributed by atoms with van der Waals surface area (Å²) in [7, 11) is 2.57. The number of ether oxygens (including phenoxy) is 3. The Balaban J connectivity index is 1.85. The normalized spacial score (nSPS) is 15.0. The van der Waals surface area contributed by atoms with Gasteiger partial charge >= 0.3 is 17.8 Å². The number of benzene rings is 2. The van der Waals surface area contributed by atoms with Crippen molar-refractivity contribution in [3.05, 3.63) is 75.7 Å². The highest BCUT2D eigenvalue weighted by molar-refractivity contribution is 5.96. The minimum Gasteiger partial charge on any atom is -0.467 e. The van der Waals surface area contributed by atoms with Gasteiger partial charge in [-0.3, -0.25) is 0 Å². The molecule has 2 aromatic heterocycles. The van der Waals surface area contributed by atoms with Gasteiger partial charge in [-0.15, -0.1) is 0 Å². The van der Waals surface area contributed by atoms with Crippen LogP contribution in [0.15, 0.2) is 47.3 Å². The lowest BCUT2D eigenvalue weighted by Gasteiger charge is -2.39. The summed E-state index contributed by atoms with van der Waals surface area (Å²) >= 11 is 0. The quantitative estimate of drug-likeness (QED) is 0.242. The van der Waals surface area contributed by atoms with E-state index < -0.39 is 41.1 Å². The van der Waals surface area contributed by atoms with Crippen LogP contribution in [0.3, 0.4) is 0 Å². The van der Waals surface area contributed by atoms with E-state index in [1.54, 1.807) is 30.9 Å². The van der Waals surface area contributed by atoms with Crippen molar-refractivity contribution >= 4 is 28.9 Å². The lowest BCUT2D eigenvalue weighted by atomic mass is 10.1. The molecule has 12 nitrogen and oxygen atoms in total. The van der Waals surface area contributed by atoms with Crippen molar-refractivity contribution < 1.29 is 37.7 Å². The second-order valence-corrected chi connectivity index (χ2v) is 10.1. The van der Waals surface area contributed by atoms with Gasteiger partial charge in [-0.05, 0) is 43.7 Å². The molecule has 1 saturated heterocycles. The maximum Gasteiger partial charge on any atom is 0.407 e. The number of para-hydroxylation sites is 1. The summed E-state index contributed by atoms with van der Waals surface area (Å²) in [5.74, 6) is -2.50. The van der Waals surface area contributed by atoms with Crippen molar-refractivity contribution in [1.29, 1.82) is 0 Å². The molecule has 4 aromatic rings. The fourth-order valence-electron chi connectivity index (χ4n) is 5.35. The van der Waals surface area contributed by atoms with Gasteiger partial charge in [0.15, 0.2) is 18.3 Å². The number of pyridine rings is 1. The van der Waals surface area contributed by atoms with Crippen molar-refractivity contribution in [2.75, 3.05) is 45.5 Å². The molecule has 1 N–H and O–H groups in total. The number of anilines is 1. The lowest BCUT2D eigenvalue weighted by molar-refractivity contribution is 0.0513. The topological polar surface area (TPSA) is 136 Å². The molecule has 14 heteroatoms. The summed E-state index contributed by atoms with van der Waals surface area (Å²) in [5, 5.41) is 9.55. The second-order valence-electron chi connectivity index (χ2n) is 10.1. The molecular formula is C30H29F2N5O7. The third kappa shape index (κ3) is 5.39. The average Bonchev–Trinajstić information content (AvgIpc) is 3.00. The molecule has 0 radical (unpaired) electrons. The Kier molecular flexibility index (Phi) is 8.45. The van der Waals surface area contributed by atoms with E-state index in [9.17, 15) is 19.5 Å². The fourth-order valence-corrected chi connectivity index (χ4v) is 5.35. The Labute approximate surface area is 250 Å². The zero-order chi connectivity index (χ0) is 31.7. The molecule has 0 bridgehead atoms. The SMILES string of the molecule is COCOc1cccc(F)c1-c1nc2c(cc1F)c(N1CCN(C(=O)O)C[C@@H]1C)nc(=O)n2-c1c(C)cccc1C(=O)OC. The van der Waals surface area contributed by atoms with Gasteiger partial charge in [-0.25, -0.2) is 32.7 Å². The van der Waals surface area contributed by atoms with Gasteiger partial charge < -0.3 is 29.1 Å². The van der Waals surface area contributed by atoms with Crippen LogP contribution in [0.2, 0.25) is 0 Å². The highest BCUT2D eigenvalue weighted by Gasteiger charge is 2.31.